The van der Waals surface area contributed by atoms with Crippen LogP contribution in [0.15, 0.2) is 0 Å². The lowest BCUT2D eigenvalue weighted by atomic mass is 9.85. The standard InChI is InChI=1S/C16H24N2OS/c1-2-10-7-8-12-13(9-10)20-15(17)14(12)16(19)18-11-5-3-4-6-11/h10-11H,2-9,17H2,1H3,(H,18,19)/t10-/m0/s1. The van der Waals surface area contributed by atoms with Crippen LogP contribution in [0.2, 0.25) is 0 Å². The van der Waals surface area contributed by atoms with Gasteiger partial charge in [-0.3, -0.25) is 4.79 Å². The maximum Gasteiger partial charge on any atom is 0.254 e. The first kappa shape index (κ1) is 13.9. The molecule has 1 atom stereocenters. The van der Waals surface area contributed by atoms with Gasteiger partial charge in [0, 0.05) is 10.9 Å². The lowest BCUT2D eigenvalue weighted by molar-refractivity contribution is 0.0938. The highest BCUT2D eigenvalue weighted by Crippen LogP contribution is 2.39. The molecule has 20 heavy (non-hydrogen) atoms. The van der Waals surface area contributed by atoms with E-state index in [4.69, 9.17) is 5.73 Å². The molecule has 0 spiro atoms. The van der Waals surface area contributed by atoms with Crippen LogP contribution in [0.1, 0.15) is 66.2 Å². The van der Waals surface area contributed by atoms with Gasteiger partial charge in [-0.25, -0.2) is 0 Å². The maximum absolute atomic E-state index is 12.5. The van der Waals surface area contributed by atoms with E-state index in [1.807, 2.05) is 0 Å². The summed E-state index contributed by atoms with van der Waals surface area (Å²) in [6, 6.07) is 0.365. The van der Waals surface area contributed by atoms with Gasteiger partial charge < -0.3 is 11.1 Å². The highest BCUT2D eigenvalue weighted by molar-refractivity contribution is 7.16. The fourth-order valence-corrected chi connectivity index (χ4v) is 4.83. The van der Waals surface area contributed by atoms with Crippen molar-refractivity contribution in [3.8, 4) is 0 Å². The molecule has 1 heterocycles. The lowest BCUT2D eigenvalue weighted by Crippen LogP contribution is -2.33. The summed E-state index contributed by atoms with van der Waals surface area (Å²) in [4.78, 5) is 13.9. The highest BCUT2D eigenvalue weighted by Gasteiger charge is 2.28. The van der Waals surface area contributed by atoms with Crippen molar-refractivity contribution in [3.05, 3.63) is 16.0 Å². The molecule has 1 fully saturated rings. The molecule has 1 aromatic heterocycles. The number of nitrogens with two attached hydrogens (primary N) is 1. The monoisotopic (exact) mass is 292 g/mol. The molecule has 0 bridgehead atoms. The van der Waals surface area contributed by atoms with E-state index in [0.717, 1.165) is 42.2 Å². The minimum atomic E-state index is 0.0712. The summed E-state index contributed by atoms with van der Waals surface area (Å²) in [7, 11) is 0. The zero-order chi connectivity index (χ0) is 14.1. The van der Waals surface area contributed by atoms with Crippen molar-refractivity contribution in [2.75, 3.05) is 5.73 Å². The number of hydrogen-bond acceptors (Lipinski definition) is 3. The first-order valence-electron chi connectivity index (χ1n) is 7.90. The van der Waals surface area contributed by atoms with Crippen molar-refractivity contribution in [1.82, 2.24) is 5.32 Å². The van der Waals surface area contributed by atoms with Gasteiger partial charge in [0.1, 0.15) is 0 Å². The number of thiophene rings is 1. The Labute approximate surface area is 124 Å². The fraction of sp³-hybridized carbons (Fsp3) is 0.688. The topological polar surface area (TPSA) is 55.1 Å². The van der Waals surface area contributed by atoms with Crippen LogP contribution < -0.4 is 11.1 Å². The van der Waals surface area contributed by atoms with E-state index in [2.05, 4.69) is 12.2 Å². The Morgan fingerprint density at radius 3 is 2.80 bits per heavy atom. The van der Waals surface area contributed by atoms with Gasteiger partial charge in [-0.05, 0) is 43.6 Å². The van der Waals surface area contributed by atoms with E-state index in [0.29, 0.717) is 6.04 Å². The minimum Gasteiger partial charge on any atom is -0.390 e. The smallest absolute Gasteiger partial charge is 0.254 e. The average Bonchev–Trinajstić information content (AvgIpc) is 3.03. The van der Waals surface area contributed by atoms with Gasteiger partial charge in [0.25, 0.3) is 5.91 Å². The zero-order valence-corrected chi connectivity index (χ0v) is 13.0. The summed E-state index contributed by atoms with van der Waals surface area (Å²) in [6.45, 7) is 2.25. The second-order valence-corrected chi connectivity index (χ2v) is 7.35. The van der Waals surface area contributed by atoms with Gasteiger partial charge in [0.2, 0.25) is 0 Å². The SMILES string of the molecule is CC[C@H]1CCc2c(sc(N)c2C(=O)NC2CCCC2)C1. The van der Waals surface area contributed by atoms with E-state index in [9.17, 15) is 4.79 Å². The Balaban J connectivity index is 1.79. The van der Waals surface area contributed by atoms with Crippen molar-refractivity contribution in [1.29, 1.82) is 0 Å². The lowest BCUT2D eigenvalue weighted by Gasteiger charge is -2.21. The van der Waals surface area contributed by atoms with Crippen LogP contribution in [0.25, 0.3) is 0 Å². The van der Waals surface area contributed by atoms with Crippen molar-refractivity contribution in [2.24, 2.45) is 5.92 Å². The Morgan fingerprint density at radius 2 is 2.10 bits per heavy atom. The van der Waals surface area contributed by atoms with Gasteiger partial charge in [-0.15, -0.1) is 11.3 Å². The molecule has 0 radical (unpaired) electrons. The van der Waals surface area contributed by atoms with E-state index < -0.39 is 0 Å². The van der Waals surface area contributed by atoms with Gasteiger partial charge in [-0.2, -0.15) is 0 Å². The summed E-state index contributed by atoms with van der Waals surface area (Å²) >= 11 is 1.64. The van der Waals surface area contributed by atoms with Crippen molar-refractivity contribution in [3.63, 3.8) is 0 Å². The Bertz CT molecular complexity index is 503. The molecule has 110 valence electrons. The molecule has 0 unspecified atom stereocenters. The molecular formula is C16H24N2OS. The number of nitrogens with one attached hydrogen (secondary N) is 1. The van der Waals surface area contributed by atoms with Crippen LogP contribution in [-0.4, -0.2) is 11.9 Å². The number of hydrogen-bond donors (Lipinski definition) is 2. The third-order valence-corrected chi connectivity index (χ3v) is 5.97. The summed E-state index contributed by atoms with van der Waals surface area (Å²) in [5, 5.41) is 3.91. The van der Waals surface area contributed by atoms with Gasteiger partial charge in [0.15, 0.2) is 0 Å². The molecule has 3 nitrogen and oxygen atoms in total. The first-order valence-corrected chi connectivity index (χ1v) is 8.71. The largest absolute Gasteiger partial charge is 0.390 e. The molecule has 0 saturated heterocycles. The maximum atomic E-state index is 12.5. The van der Waals surface area contributed by atoms with Crippen molar-refractivity contribution < 1.29 is 4.79 Å². The minimum absolute atomic E-state index is 0.0712. The second kappa shape index (κ2) is 5.76. The highest BCUT2D eigenvalue weighted by atomic mass is 32.1. The fourth-order valence-electron chi connectivity index (χ4n) is 3.60. The van der Waals surface area contributed by atoms with Crippen LogP contribution in [0.4, 0.5) is 5.00 Å². The van der Waals surface area contributed by atoms with Crippen molar-refractivity contribution >= 4 is 22.2 Å². The Hall–Kier alpha value is -1.03. The third-order valence-electron chi connectivity index (χ3n) is 4.89. The molecule has 2 aliphatic carbocycles. The summed E-state index contributed by atoms with van der Waals surface area (Å²) < 4.78 is 0. The molecule has 0 aromatic carbocycles. The Kier molecular flexibility index (Phi) is 4.01. The predicted octanol–water partition coefficient (Wildman–Crippen LogP) is 3.52. The van der Waals surface area contributed by atoms with Gasteiger partial charge >= 0.3 is 0 Å². The first-order chi connectivity index (χ1) is 9.69. The molecule has 3 N–H and O–H groups in total. The molecule has 2 aliphatic rings. The summed E-state index contributed by atoms with van der Waals surface area (Å²) in [6.07, 6.45) is 9.27. The van der Waals surface area contributed by atoms with Crippen LogP contribution in [-0.2, 0) is 12.8 Å². The van der Waals surface area contributed by atoms with Gasteiger partial charge in [0.05, 0.1) is 10.6 Å². The number of anilines is 1. The van der Waals surface area contributed by atoms with Crippen LogP contribution in [0.3, 0.4) is 0 Å². The summed E-state index contributed by atoms with van der Waals surface area (Å²) in [5.74, 6) is 0.841. The van der Waals surface area contributed by atoms with E-state index in [1.165, 1.54) is 36.1 Å². The van der Waals surface area contributed by atoms with Crippen LogP contribution in [0, 0.1) is 5.92 Å². The Morgan fingerprint density at radius 1 is 1.35 bits per heavy atom. The number of nitrogen functional groups attached to an aromatic ring is 1. The number of carbonyl (C=O) groups is 1. The predicted molar refractivity (Wildman–Crippen MR) is 84.3 cm³/mol. The van der Waals surface area contributed by atoms with E-state index in [-0.39, 0.29) is 5.91 Å². The zero-order valence-electron chi connectivity index (χ0n) is 12.2. The number of fused-ring (bicyclic) bond motifs is 1. The average molecular weight is 292 g/mol. The van der Waals surface area contributed by atoms with Crippen LogP contribution in [0.5, 0.6) is 0 Å². The number of carbonyl (C=O) groups excluding carboxylic acids is 1. The quantitative estimate of drug-likeness (QED) is 0.895. The van der Waals surface area contributed by atoms with E-state index >= 15 is 0 Å². The number of rotatable bonds is 3. The van der Waals surface area contributed by atoms with Crippen molar-refractivity contribution in [2.45, 2.75) is 64.3 Å². The summed E-state index contributed by atoms with van der Waals surface area (Å²) in [5.41, 5.74) is 8.18. The molecule has 1 amide bonds. The van der Waals surface area contributed by atoms with E-state index in [1.54, 1.807) is 11.3 Å². The normalized spacial score (nSPS) is 22.8. The molecule has 3 rings (SSSR count). The van der Waals surface area contributed by atoms with Gasteiger partial charge in [-0.1, -0.05) is 26.2 Å². The third kappa shape index (κ3) is 2.58. The molecule has 1 saturated carbocycles. The second-order valence-electron chi connectivity index (χ2n) is 6.21. The van der Waals surface area contributed by atoms with Crippen LogP contribution >= 0.6 is 11.3 Å². The molecule has 1 aromatic rings. The molecule has 4 heteroatoms. The molecule has 0 aliphatic heterocycles. The number of amides is 1. The molecular weight excluding hydrogens is 268 g/mol.